The minimum absolute atomic E-state index is 0.0327. The number of carbonyl (C=O) groups excluding carboxylic acids is 2. The molecule has 1 N–H and O–H groups in total. The molecule has 4 nitrogen and oxygen atoms in total. The van der Waals surface area contributed by atoms with Crippen molar-refractivity contribution in [3.63, 3.8) is 0 Å². The molecule has 2 rings (SSSR count). The van der Waals surface area contributed by atoms with E-state index in [4.69, 9.17) is 0 Å². The zero-order chi connectivity index (χ0) is 19.8. The second kappa shape index (κ2) is 9.86. The molecule has 0 saturated carbocycles. The highest BCUT2D eigenvalue weighted by atomic mass is 19.1. The number of carbonyl (C=O) groups is 2. The number of benzene rings is 2. The molecule has 0 aliphatic rings. The Balaban J connectivity index is 2.15. The van der Waals surface area contributed by atoms with Crippen LogP contribution in [0.15, 0.2) is 54.6 Å². The summed E-state index contributed by atoms with van der Waals surface area (Å²) in [6, 6.07) is 15.3. The van der Waals surface area contributed by atoms with Crippen LogP contribution in [0.1, 0.15) is 38.3 Å². The number of aryl methyl sites for hydroxylation is 1. The molecular formula is C22H27FN2O2. The standard InChI is InChI=1S/C22H27FN2O2/c1-16(2)24-22(27)17(3)25(15-19-11-7-8-12-20(19)23)21(26)14-13-18-9-5-4-6-10-18/h4-12,16-17H,13-15H2,1-3H3,(H,24,27)/t17-/m0/s1. The molecule has 2 amide bonds. The first-order valence-corrected chi connectivity index (χ1v) is 9.25. The van der Waals surface area contributed by atoms with Gasteiger partial charge in [-0.1, -0.05) is 48.5 Å². The maximum absolute atomic E-state index is 14.1. The van der Waals surface area contributed by atoms with Crippen LogP contribution in [0, 0.1) is 5.82 Å². The highest BCUT2D eigenvalue weighted by Gasteiger charge is 2.26. The van der Waals surface area contributed by atoms with Crippen molar-refractivity contribution in [3.8, 4) is 0 Å². The molecule has 0 aliphatic heterocycles. The minimum atomic E-state index is -0.685. The van der Waals surface area contributed by atoms with Gasteiger partial charge in [0, 0.05) is 24.6 Å². The van der Waals surface area contributed by atoms with E-state index in [0.717, 1.165) is 5.56 Å². The average molecular weight is 370 g/mol. The smallest absolute Gasteiger partial charge is 0.242 e. The molecule has 0 unspecified atom stereocenters. The predicted molar refractivity (Wildman–Crippen MR) is 104 cm³/mol. The SMILES string of the molecule is CC(C)NC(=O)[C@H](C)N(Cc1ccccc1F)C(=O)CCc1ccccc1. The molecule has 0 aromatic heterocycles. The fourth-order valence-corrected chi connectivity index (χ4v) is 2.84. The maximum Gasteiger partial charge on any atom is 0.242 e. The van der Waals surface area contributed by atoms with Crippen molar-refractivity contribution in [2.24, 2.45) is 0 Å². The van der Waals surface area contributed by atoms with Crippen LogP contribution in [0.4, 0.5) is 4.39 Å². The monoisotopic (exact) mass is 370 g/mol. The van der Waals surface area contributed by atoms with Crippen LogP contribution in [-0.4, -0.2) is 28.8 Å². The highest BCUT2D eigenvalue weighted by Crippen LogP contribution is 2.15. The van der Waals surface area contributed by atoms with E-state index in [1.165, 1.54) is 11.0 Å². The Hall–Kier alpha value is -2.69. The number of hydrogen-bond acceptors (Lipinski definition) is 2. The number of nitrogens with one attached hydrogen (secondary N) is 1. The van der Waals surface area contributed by atoms with Gasteiger partial charge in [-0.05, 0) is 38.8 Å². The van der Waals surface area contributed by atoms with Crippen LogP contribution in [0.2, 0.25) is 0 Å². The third-order valence-electron chi connectivity index (χ3n) is 4.37. The van der Waals surface area contributed by atoms with Crippen LogP contribution in [0.25, 0.3) is 0 Å². The van der Waals surface area contributed by atoms with Crippen molar-refractivity contribution < 1.29 is 14.0 Å². The van der Waals surface area contributed by atoms with Gasteiger partial charge in [0.1, 0.15) is 11.9 Å². The van der Waals surface area contributed by atoms with E-state index >= 15 is 0 Å². The zero-order valence-corrected chi connectivity index (χ0v) is 16.1. The molecule has 0 bridgehead atoms. The van der Waals surface area contributed by atoms with Crippen LogP contribution in [0.5, 0.6) is 0 Å². The third-order valence-corrected chi connectivity index (χ3v) is 4.37. The van der Waals surface area contributed by atoms with Crippen LogP contribution in [-0.2, 0) is 22.6 Å². The van der Waals surface area contributed by atoms with E-state index in [1.807, 2.05) is 44.2 Å². The van der Waals surface area contributed by atoms with E-state index in [1.54, 1.807) is 25.1 Å². The fourth-order valence-electron chi connectivity index (χ4n) is 2.84. The van der Waals surface area contributed by atoms with Gasteiger partial charge in [-0.2, -0.15) is 0 Å². The summed E-state index contributed by atoms with van der Waals surface area (Å²) in [4.78, 5) is 26.8. The molecule has 0 heterocycles. The number of amides is 2. The Kier molecular flexibility index (Phi) is 7.53. The Morgan fingerprint density at radius 1 is 1.00 bits per heavy atom. The second-order valence-corrected chi connectivity index (χ2v) is 6.94. The summed E-state index contributed by atoms with van der Waals surface area (Å²) >= 11 is 0. The Morgan fingerprint density at radius 3 is 2.26 bits per heavy atom. The number of halogens is 1. The molecule has 2 aromatic rings. The van der Waals surface area contributed by atoms with Crippen molar-refractivity contribution >= 4 is 11.8 Å². The quantitative estimate of drug-likeness (QED) is 0.770. The topological polar surface area (TPSA) is 49.4 Å². The normalized spacial score (nSPS) is 11.9. The number of nitrogens with zero attached hydrogens (tertiary/aromatic N) is 1. The van der Waals surface area contributed by atoms with Gasteiger partial charge in [-0.25, -0.2) is 4.39 Å². The van der Waals surface area contributed by atoms with Gasteiger partial charge in [-0.15, -0.1) is 0 Å². The Bertz CT molecular complexity index is 762. The summed E-state index contributed by atoms with van der Waals surface area (Å²) in [6.07, 6.45) is 0.837. The Morgan fingerprint density at radius 2 is 1.63 bits per heavy atom. The van der Waals surface area contributed by atoms with Gasteiger partial charge < -0.3 is 10.2 Å². The van der Waals surface area contributed by atoms with Gasteiger partial charge in [0.15, 0.2) is 0 Å². The van der Waals surface area contributed by atoms with E-state index < -0.39 is 6.04 Å². The first-order valence-electron chi connectivity index (χ1n) is 9.25. The lowest BCUT2D eigenvalue weighted by Crippen LogP contribution is -2.49. The lowest BCUT2D eigenvalue weighted by molar-refractivity contribution is -0.140. The van der Waals surface area contributed by atoms with E-state index in [-0.39, 0.29) is 36.6 Å². The van der Waals surface area contributed by atoms with Gasteiger partial charge in [-0.3, -0.25) is 9.59 Å². The molecule has 144 valence electrons. The van der Waals surface area contributed by atoms with Gasteiger partial charge in [0.2, 0.25) is 11.8 Å². The summed E-state index contributed by atoms with van der Waals surface area (Å²) in [7, 11) is 0. The average Bonchev–Trinajstić information content (AvgIpc) is 2.65. The van der Waals surface area contributed by atoms with Crippen molar-refractivity contribution in [3.05, 3.63) is 71.5 Å². The van der Waals surface area contributed by atoms with E-state index in [0.29, 0.717) is 12.0 Å². The molecule has 0 spiro atoms. The largest absolute Gasteiger partial charge is 0.352 e. The lowest BCUT2D eigenvalue weighted by Gasteiger charge is -2.29. The first-order chi connectivity index (χ1) is 12.9. The van der Waals surface area contributed by atoms with Gasteiger partial charge in [0.25, 0.3) is 0 Å². The molecule has 0 aliphatic carbocycles. The van der Waals surface area contributed by atoms with E-state index in [2.05, 4.69) is 5.32 Å². The molecule has 0 saturated heterocycles. The Labute approximate surface area is 160 Å². The highest BCUT2D eigenvalue weighted by molar-refractivity contribution is 5.87. The van der Waals surface area contributed by atoms with Crippen LogP contribution >= 0.6 is 0 Å². The maximum atomic E-state index is 14.1. The second-order valence-electron chi connectivity index (χ2n) is 6.94. The zero-order valence-electron chi connectivity index (χ0n) is 16.1. The molecule has 0 radical (unpaired) electrons. The summed E-state index contributed by atoms with van der Waals surface area (Å²) in [5, 5.41) is 2.83. The molecule has 5 heteroatoms. The minimum Gasteiger partial charge on any atom is -0.352 e. The van der Waals surface area contributed by atoms with Gasteiger partial charge in [0.05, 0.1) is 0 Å². The lowest BCUT2D eigenvalue weighted by atomic mass is 10.1. The van der Waals surface area contributed by atoms with Crippen molar-refractivity contribution in [1.82, 2.24) is 10.2 Å². The summed E-state index contributed by atoms with van der Waals surface area (Å²) in [5.41, 5.74) is 1.45. The molecule has 2 aromatic carbocycles. The number of hydrogen-bond donors (Lipinski definition) is 1. The van der Waals surface area contributed by atoms with Crippen molar-refractivity contribution in [2.45, 2.75) is 52.2 Å². The third kappa shape index (κ3) is 6.20. The predicted octanol–water partition coefficient (Wildman–Crippen LogP) is 3.70. The molecular weight excluding hydrogens is 343 g/mol. The van der Waals surface area contributed by atoms with Gasteiger partial charge >= 0.3 is 0 Å². The molecule has 0 fully saturated rings. The fraction of sp³-hybridized carbons (Fsp3) is 0.364. The summed E-state index contributed by atoms with van der Waals surface area (Å²) in [5.74, 6) is -0.794. The van der Waals surface area contributed by atoms with Crippen molar-refractivity contribution in [1.29, 1.82) is 0 Å². The van der Waals surface area contributed by atoms with Crippen molar-refractivity contribution in [2.75, 3.05) is 0 Å². The van der Waals surface area contributed by atoms with Crippen LogP contribution < -0.4 is 5.32 Å². The molecule has 27 heavy (non-hydrogen) atoms. The summed E-state index contributed by atoms with van der Waals surface area (Å²) in [6.45, 7) is 5.47. The van der Waals surface area contributed by atoms with E-state index in [9.17, 15) is 14.0 Å². The first kappa shape index (κ1) is 20.6. The summed E-state index contributed by atoms with van der Waals surface area (Å²) < 4.78 is 14.1. The number of rotatable bonds is 8. The van der Waals surface area contributed by atoms with Crippen LogP contribution in [0.3, 0.4) is 0 Å². The molecule has 1 atom stereocenters.